The molecule has 2 aromatic heterocycles. The van der Waals surface area contributed by atoms with Gasteiger partial charge in [-0.1, -0.05) is 17.7 Å². The van der Waals surface area contributed by atoms with Gasteiger partial charge in [0.2, 0.25) is 17.8 Å². The first-order valence-electron chi connectivity index (χ1n) is 23.8. The largest absolute Gasteiger partial charge is 0.495 e. The Labute approximate surface area is 411 Å². The van der Waals surface area contributed by atoms with Crippen molar-refractivity contribution < 1.29 is 33.2 Å². The quantitative estimate of drug-likeness (QED) is 0.0795. The summed E-state index contributed by atoms with van der Waals surface area (Å²) in [7, 11) is 2.45. The highest BCUT2D eigenvalue weighted by Gasteiger charge is 2.45. The standard InChI is InChI=1S/C50H57ClN11O7P/c1-58-28-32(25-53-58)33-21-38(55-50-52-26-36(51)46(57-50)54-37-9-8-31(30-6-7-30)20-44(37)70(4,5)67)42(68-2)24-40(33)60-14-12-29(13-15-60)27-59-16-18-61(19-17-59)41-22-34-35(23-43(41)69-3)49(66)62(48(34)65)39-10-11-45(63)56-47(39)64/h8-9,20-26,28-30,39H,6-7,10-19,27H2,1-5H3,(H,56,63,64)(H2,52,54,55,57). The minimum Gasteiger partial charge on any atom is -0.495 e. The van der Waals surface area contributed by atoms with Crippen molar-refractivity contribution in [1.82, 2.24) is 34.9 Å². The fourth-order valence-electron chi connectivity index (χ4n) is 10.2. The molecule has 10 rings (SSSR count). The molecule has 0 bridgehead atoms. The van der Waals surface area contributed by atoms with Crippen LogP contribution < -0.4 is 40.5 Å². The number of nitrogens with one attached hydrogen (secondary N) is 3. The second-order valence-corrected chi connectivity index (χ2v) is 22.8. The van der Waals surface area contributed by atoms with Crippen molar-refractivity contribution >= 4 is 82.2 Å². The number of nitrogens with zero attached hydrogens (tertiary/aromatic N) is 8. The lowest BCUT2D eigenvalue weighted by molar-refractivity contribution is -0.136. The molecule has 5 aromatic rings. The molecule has 1 unspecified atom stereocenters. The molecule has 18 nitrogen and oxygen atoms in total. The number of methoxy groups -OCH3 is 2. The van der Waals surface area contributed by atoms with E-state index >= 15 is 0 Å². The van der Waals surface area contributed by atoms with Crippen LogP contribution in [0.2, 0.25) is 5.02 Å². The minimum atomic E-state index is -2.64. The Morgan fingerprint density at radius 1 is 0.786 bits per heavy atom. The maximum absolute atomic E-state index is 13.6. The van der Waals surface area contributed by atoms with Gasteiger partial charge in [-0.25, -0.2) is 4.98 Å². The maximum Gasteiger partial charge on any atom is 0.262 e. The average molecular weight is 991 g/mol. The molecule has 5 aliphatic rings. The Balaban J connectivity index is 0.801. The van der Waals surface area contributed by atoms with E-state index in [0.717, 1.165) is 91.1 Å². The molecule has 1 aliphatic carbocycles. The van der Waals surface area contributed by atoms with Gasteiger partial charge >= 0.3 is 0 Å². The number of piperazine rings is 1. The van der Waals surface area contributed by atoms with Crippen molar-refractivity contribution in [3.63, 3.8) is 0 Å². The summed E-state index contributed by atoms with van der Waals surface area (Å²) in [4.78, 5) is 68.9. The van der Waals surface area contributed by atoms with Gasteiger partial charge in [-0.05, 0) is 93.2 Å². The topological polar surface area (TPSA) is 196 Å². The molecule has 70 heavy (non-hydrogen) atoms. The number of piperidine rings is 2. The van der Waals surface area contributed by atoms with Gasteiger partial charge in [0.15, 0.2) is 5.82 Å². The molecule has 3 saturated heterocycles. The number of halogens is 1. The summed E-state index contributed by atoms with van der Waals surface area (Å²) in [5.41, 5.74) is 6.71. The smallest absolute Gasteiger partial charge is 0.262 e. The lowest BCUT2D eigenvalue weighted by atomic mass is 9.94. The summed E-state index contributed by atoms with van der Waals surface area (Å²) in [5, 5.41) is 14.6. The number of benzene rings is 3. The number of amides is 4. The molecule has 366 valence electrons. The number of rotatable bonds is 14. The molecule has 4 aliphatic heterocycles. The molecule has 0 spiro atoms. The number of anilines is 6. The highest BCUT2D eigenvalue weighted by atomic mass is 35.5. The molecule has 6 heterocycles. The van der Waals surface area contributed by atoms with Gasteiger partial charge in [0.05, 0.1) is 54.8 Å². The lowest BCUT2D eigenvalue weighted by Crippen LogP contribution is -2.54. The normalized spacial score (nSPS) is 19.1. The fourth-order valence-corrected chi connectivity index (χ4v) is 11.5. The number of aryl methyl sites for hydroxylation is 1. The van der Waals surface area contributed by atoms with Crippen LogP contribution in [0.5, 0.6) is 11.5 Å². The van der Waals surface area contributed by atoms with Crippen LogP contribution in [0, 0.1) is 5.92 Å². The van der Waals surface area contributed by atoms with Crippen LogP contribution in [-0.2, 0) is 21.2 Å². The summed E-state index contributed by atoms with van der Waals surface area (Å²) in [5.74, 6) is 0.665. The van der Waals surface area contributed by atoms with Crippen molar-refractivity contribution in [3.8, 4) is 22.6 Å². The fraction of sp³-hybridized carbons (Fsp3) is 0.420. The average Bonchev–Trinajstić information content (AvgIpc) is 4.06. The third kappa shape index (κ3) is 9.43. The Kier molecular flexibility index (Phi) is 12.8. The van der Waals surface area contributed by atoms with E-state index in [9.17, 15) is 23.7 Å². The van der Waals surface area contributed by atoms with Gasteiger partial charge in [-0.15, -0.1) is 0 Å². The second kappa shape index (κ2) is 19.0. The van der Waals surface area contributed by atoms with Gasteiger partial charge in [0, 0.05) is 93.7 Å². The van der Waals surface area contributed by atoms with Crippen LogP contribution in [0.1, 0.15) is 70.7 Å². The van der Waals surface area contributed by atoms with Crippen molar-refractivity contribution in [2.45, 2.75) is 50.5 Å². The number of fused-ring (bicyclic) bond motifs is 1. The highest BCUT2D eigenvalue weighted by Crippen LogP contribution is 2.46. The Hall–Kier alpha value is -6.49. The first-order valence-corrected chi connectivity index (χ1v) is 26.8. The molecule has 3 aromatic carbocycles. The number of ether oxygens (including phenoxy) is 2. The Morgan fingerprint density at radius 2 is 1.50 bits per heavy atom. The molecular formula is C50H57ClN11O7P. The van der Waals surface area contributed by atoms with Crippen LogP contribution in [0.3, 0.4) is 0 Å². The zero-order chi connectivity index (χ0) is 49.0. The van der Waals surface area contributed by atoms with Gasteiger partial charge in [-0.2, -0.15) is 10.1 Å². The van der Waals surface area contributed by atoms with Crippen molar-refractivity contribution in [1.29, 1.82) is 0 Å². The first-order chi connectivity index (χ1) is 33.6. The Morgan fingerprint density at radius 3 is 2.16 bits per heavy atom. The minimum absolute atomic E-state index is 0.0586. The van der Waals surface area contributed by atoms with Crippen LogP contribution >= 0.6 is 18.7 Å². The molecule has 1 atom stereocenters. The third-order valence-corrected chi connectivity index (χ3v) is 16.0. The second-order valence-electron chi connectivity index (χ2n) is 19.2. The number of carbonyl (C=O) groups is 4. The van der Waals surface area contributed by atoms with Gasteiger partial charge in [0.1, 0.15) is 29.7 Å². The summed E-state index contributed by atoms with van der Waals surface area (Å²) in [6.07, 6.45) is 9.86. The van der Waals surface area contributed by atoms with Gasteiger partial charge < -0.3 is 34.5 Å². The van der Waals surface area contributed by atoms with E-state index < -0.39 is 36.8 Å². The molecule has 4 amide bonds. The van der Waals surface area contributed by atoms with E-state index in [1.807, 2.05) is 25.5 Å². The molecule has 1 saturated carbocycles. The molecule has 20 heteroatoms. The van der Waals surface area contributed by atoms with E-state index in [-0.39, 0.29) is 24.0 Å². The van der Waals surface area contributed by atoms with E-state index in [2.05, 4.69) is 65.0 Å². The number of hydrogen-bond acceptors (Lipinski definition) is 15. The van der Waals surface area contributed by atoms with Gasteiger partial charge in [-0.3, -0.25) is 39.0 Å². The lowest BCUT2D eigenvalue weighted by Gasteiger charge is -2.40. The van der Waals surface area contributed by atoms with Crippen molar-refractivity contribution in [2.24, 2.45) is 13.0 Å². The maximum atomic E-state index is 13.6. The van der Waals surface area contributed by atoms with Crippen LogP contribution in [0.4, 0.5) is 34.5 Å². The van der Waals surface area contributed by atoms with Crippen molar-refractivity contribution in [3.05, 3.63) is 82.8 Å². The zero-order valence-corrected chi connectivity index (χ0v) is 41.6. The SMILES string of the molecule is COc1cc(N2CCC(CN3CCN(c4cc5c(cc4OC)C(=O)N(C4CCC(=O)NC4=O)C5=O)CC3)CC2)c(-c2cnn(C)c2)cc1Nc1ncc(Cl)c(Nc2ccc(C3CC3)cc2P(C)(C)=O)n1. The van der Waals surface area contributed by atoms with E-state index in [1.165, 1.54) is 5.56 Å². The number of aromatic nitrogens is 4. The predicted octanol–water partition coefficient (Wildman–Crippen LogP) is 6.60. The van der Waals surface area contributed by atoms with Gasteiger partial charge in [0.25, 0.3) is 11.8 Å². The number of imide groups is 2. The van der Waals surface area contributed by atoms with E-state index in [0.29, 0.717) is 64.6 Å². The zero-order valence-electron chi connectivity index (χ0n) is 40.0. The number of carbonyl (C=O) groups excluding carboxylic acids is 4. The summed E-state index contributed by atoms with van der Waals surface area (Å²) >= 11 is 6.67. The Bertz CT molecular complexity index is 2960. The first kappa shape index (κ1) is 47.2. The predicted molar refractivity (Wildman–Crippen MR) is 270 cm³/mol. The molecule has 3 N–H and O–H groups in total. The highest BCUT2D eigenvalue weighted by molar-refractivity contribution is 7.70. The molecule has 0 radical (unpaired) electrons. The van der Waals surface area contributed by atoms with Crippen LogP contribution in [0.15, 0.2) is 61.1 Å². The summed E-state index contributed by atoms with van der Waals surface area (Å²) < 4.78 is 27.0. The third-order valence-electron chi connectivity index (χ3n) is 14.2. The van der Waals surface area contributed by atoms with Crippen molar-refractivity contribution in [2.75, 3.05) is 93.8 Å². The summed E-state index contributed by atoms with van der Waals surface area (Å²) in [6.45, 7) is 9.25. The molecular weight excluding hydrogens is 933 g/mol. The van der Waals surface area contributed by atoms with E-state index in [1.54, 1.807) is 50.6 Å². The molecule has 4 fully saturated rings. The van der Waals surface area contributed by atoms with Crippen LogP contribution in [-0.4, -0.2) is 133 Å². The van der Waals surface area contributed by atoms with E-state index in [4.69, 9.17) is 26.1 Å². The summed E-state index contributed by atoms with van der Waals surface area (Å²) in [6, 6.07) is 12.5. The van der Waals surface area contributed by atoms with Crippen LogP contribution in [0.25, 0.3) is 11.1 Å². The number of hydrogen-bond donors (Lipinski definition) is 3. The monoisotopic (exact) mass is 989 g/mol.